The van der Waals surface area contributed by atoms with Gasteiger partial charge in [-0.3, -0.25) is 4.90 Å². The van der Waals surface area contributed by atoms with Crippen molar-refractivity contribution in [1.82, 2.24) is 9.80 Å². The molecule has 1 amide bonds. The highest BCUT2D eigenvalue weighted by molar-refractivity contribution is 6.02. The van der Waals surface area contributed by atoms with E-state index >= 15 is 0 Å². The highest BCUT2D eigenvalue weighted by atomic mass is 16.6. The van der Waals surface area contributed by atoms with Gasteiger partial charge < -0.3 is 28.6 Å². The van der Waals surface area contributed by atoms with Crippen molar-refractivity contribution in [3.05, 3.63) is 60.2 Å². The Morgan fingerprint density at radius 1 is 0.700 bits per heavy atom. The van der Waals surface area contributed by atoms with Gasteiger partial charge in [0.2, 0.25) is 0 Å². The number of nitrogens with zero attached hydrogens (tertiary/aromatic N) is 2. The van der Waals surface area contributed by atoms with Crippen LogP contribution in [-0.4, -0.2) is 101 Å². The summed E-state index contributed by atoms with van der Waals surface area (Å²) < 4.78 is 28.9. The zero-order valence-electron chi connectivity index (χ0n) is 24.2. The second-order valence-electron chi connectivity index (χ2n) is 11.0. The third-order valence-electron chi connectivity index (χ3n) is 6.78. The van der Waals surface area contributed by atoms with Gasteiger partial charge in [0.1, 0.15) is 5.60 Å². The molecule has 0 spiro atoms. The first-order chi connectivity index (χ1) is 19.4. The minimum absolute atomic E-state index is 0.360. The zero-order valence-corrected chi connectivity index (χ0v) is 24.2. The summed E-state index contributed by atoms with van der Waals surface area (Å²) >= 11 is 0. The quantitative estimate of drug-likeness (QED) is 0.409. The Hall–Kier alpha value is -2.75. The van der Waals surface area contributed by atoms with Crippen LogP contribution in [0.1, 0.15) is 26.3 Å². The largest absolute Gasteiger partial charge is 0.444 e. The third kappa shape index (κ3) is 9.42. The molecule has 4 rings (SSSR count). The average Bonchev–Trinajstić information content (AvgIpc) is 2.92. The van der Waals surface area contributed by atoms with Gasteiger partial charge in [-0.1, -0.05) is 48.5 Å². The van der Waals surface area contributed by atoms with Crippen LogP contribution in [0.2, 0.25) is 0 Å². The lowest BCUT2D eigenvalue weighted by Gasteiger charge is -2.27. The van der Waals surface area contributed by atoms with E-state index < -0.39 is 5.60 Å². The van der Waals surface area contributed by atoms with Crippen LogP contribution in [0.4, 0.5) is 4.79 Å². The maximum absolute atomic E-state index is 12.6. The van der Waals surface area contributed by atoms with Crippen molar-refractivity contribution < 1.29 is 28.5 Å². The summed E-state index contributed by atoms with van der Waals surface area (Å²) in [5.41, 5.74) is 0.776. The minimum Gasteiger partial charge on any atom is -0.444 e. The minimum atomic E-state index is -0.554. The molecule has 1 aliphatic rings. The second-order valence-corrected chi connectivity index (χ2v) is 11.0. The Bertz CT molecular complexity index is 1140. The van der Waals surface area contributed by atoms with E-state index in [1.807, 2.05) is 20.8 Å². The van der Waals surface area contributed by atoms with Gasteiger partial charge in [-0.25, -0.2) is 4.79 Å². The van der Waals surface area contributed by atoms with Gasteiger partial charge in [0.25, 0.3) is 0 Å². The van der Waals surface area contributed by atoms with Gasteiger partial charge in [0, 0.05) is 32.7 Å². The van der Waals surface area contributed by atoms with E-state index in [0.29, 0.717) is 65.9 Å². The molecule has 0 atom stereocenters. The number of carbonyl (C=O) groups is 1. The van der Waals surface area contributed by atoms with E-state index in [2.05, 4.69) is 59.5 Å². The monoisotopic (exact) mass is 552 g/mol. The summed E-state index contributed by atoms with van der Waals surface area (Å²) in [7, 11) is 0. The molecule has 1 saturated heterocycles. The first kappa shape index (κ1) is 30.2. The molecule has 1 fully saturated rings. The van der Waals surface area contributed by atoms with Crippen LogP contribution in [0.3, 0.4) is 0 Å². The summed E-state index contributed by atoms with van der Waals surface area (Å²) in [5.74, 6) is 0. The summed E-state index contributed by atoms with van der Waals surface area (Å²) in [6, 6.07) is 19.5. The molecule has 0 aromatic heterocycles. The molecule has 8 nitrogen and oxygen atoms in total. The molecule has 40 heavy (non-hydrogen) atoms. The van der Waals surface area contributed by atoms with Crippen molar-refractivity contribution in [3.63, 3.8) is 0 Å². The van der Waals surface area contributed by atoms with Crippen LogP contribution in [0.25, 0.3) is 21.5 Å². The molecule has 0 unspecified atom stereocenters. The van der Waals surface area contributed by atoms with Gasteiger partial charge in [-0.05, 0) is 53.9 Å². The molecular formula is C32H44N2O6. The van der Waals surface area contributed by atoms with E-state index in [0.717, 1.165) is 19.6 Å². The van der Waals surface area contributed by atoms with Crippen molar-refractivity contribution in [2.24, 2.45) is 0 Å². The van der Waals surface area contributed by atoms with Crippen LogP contribution < -0.4 is 0 Å². The van der Waals surface area contributed by atoms with Gasteiger partial charge in [0.15, 0.2) is 0 Å². The van der Waals surface area contributed by atoms with Crippen molar-refractivity contribution in [2.75, 3.05) is 79.0 Å². The molecule has 0 saturated carbocycles. The average molecular weight is 553 g/mol. The van der Waals surface area contributed by atoms with Gasteiger partial charge in [0.05, 0.1) is 52.9 Å². The van der Waals surface area contributed by atoms with Crippen molar-refractivity contribution in [3.8, 4) is 0 Å². The molecule has 3 aromatic carbocycles. The number of hydrogen-bond acceptors (Lipinski definition) is 7. The Morgan fingerprint density at radius 3 is 1.62 bits per heavy atom. The van der Waals surface area contributed by atoms with E-state index in [9.17, 15) is 4.79 Å². The standard InChI is InChI=1S/C32H44N2O6/c1-32(2,3)40-31(35)34-14-18-38-22-20-36-16-12-33(13-17-37-21-23-39-19-15-34)25-30-28-10-6-4-8-26(28)24-27-9-5-7-11-29(27)30/h4-11,24H,12-23,25H2,1-3H3. The highest BCUT2D eigenvalue weighted by Gasteiger charge is 2.22. The van der Waals surface area contributed by atoms with E-state index in [4.69, 9.17) is 23.7 Å². The summed E-state index contributed by atoms with van der Waals surface area (Å²) in [6.45, 7) is 12.8. The second kappa shape index (κ2) is 15.3. The predicted octanol–water partition coefficient (Wildman–Crippen LogP) is 5.11. The molecule has 1 aliphatic heterocycles. The SMILES string of the molecule is CC(C)(C)OC(=O)N1CCOCCOCCN(Cc2c3ccccc3cc3ccccc23)CCOCCOCC1. The Kier molecular flexibility index (Phi) is 11.6. The molecule has 218 valence electrons. The maximum Gasteiger partial charge on any atom is 0.410 e. The molecule has 0 aliphatic carbocycles. The van der Waals surface area contributed by atoms with Crippen LogP contribution in [0.5, 0.6) is 0 Å². The number of ether oxygens (including phenoxy) is 5. The van der Waals surface area contributed by atoms with Crippen molar-refractivity contribution in [2.45, 2.75) is 32.9 Å². The molecule has 8 heteroatoms. The first-order valence-electron chi connectivity index (χ1n) is 14.3. The van der Waals surface area contributed by atoms with Crippen LogP contribution >= 0.6 is 0 Å². The number of benzene rings is 3. The normalized spacial score (nSPS) is 18.3. The van der Waals surface area contributed by atoms with Gasteiger partial charge in [-0.15, -0.1) is 0 Å². The van der Waals surface area contributed by atoms with E-state index in [-0.39, 0.29) is 6.09 Å². The fourth-order valence-electron chi connectivity index (χ4n) is 4.77. The lowest BCUT2D eigenvalue weighted by molar-refractivity contribution is -0.00669. The van der Waals surface area contributed by atoms with Crippen LogP contribution in [0, 0.1) is 0 Å². The summed E-state index contributed by atoms with van der Waals surface area (Å²) in [5, 5.41) is 5.07. The Balaban J connectivity index is 1.37. The lowest BCUT2D eigenvalue weighted by atomic mass is 9.96. The lowest BCUT2D eigenvalue weighted by Crippen LogP contribution is -2.40. The number of fused-ring (bicyclic) bond motifs is 2. The van der Waals surface area contributed by atoms with Gasteiger partial charge in [-0.2, -0.15) is 0 Å². The van der Waals surface area contributed by atoms with E-state index in [1.54, 1.807) is 4.90 Å². The smallest absolute Gasteiger partial charge is 0.410 e. The molecule has 0 bridgehead atoms. The highest BCUT2D eigenvalue weighted by Crippen LogP contribution is 2.29. The fourth-order valence-corrected chi connectivity index (χ4v) is 4.77. The van der Waals surface area contributed by atoms with Gasteiger partial charge >= 0.3 is 6.09 Å². The zero-order chi connectivity index (χ0) is 28.2. The third-order valence-corrected chi connectivity index (χ3v) is 6.78. The Labute approximate surface area is 238 Å². The number of rotatable bonds is 2. The van der Waals surface area contributed by atoms with Crippen molar-refractivity contribution in [1.29, 1.82) is 0 Å². The molecule has 1 heterocycles. The Morgan fingerprint density at radius 2 is 1.15 bits per heavy atom. The molecule has 0 radical (unpaired) electrons. The first-order valence-corrected chi connectivity index (χ1v) is 14.3. The summed E-state index contributed by atoms with van der Waals surface area (Å²) in [6.07, 6.45) is -0.360. The summed E-state index contributed by atoms with van der Waals surface area (Å²) in [4.78, 5) is 16.6. The molecular weight excluding hydrogens is 508 g/mol. The maximum atomic E-state index is 12.6. The van der Waals surface area contributed by atoms with Crippen LogP contribution in [-0.2, 0) is 30.2 Å². The number of amides is 1. The van der Waals surface area contributed by atoms with Crippen LogP contribution in [0.15, 0.2) is 54.6 Å². The molecule has 0 N–H and O–H groups in total. The topological polar surface area (TPSA) is 69.7 Å². The number of hydrogen-bond donors (Lipinski definition) is 0. The van der Waals surface area contributed by atoms with Crippen molar-refractivity contribution >= 4 is 27.6 Å². The predicted molar refractivity (Wildman–Crippen MR) is 158 cm³/mol. The number of carbonyl (C=O) groups excluding carboxylic acids is 1. The fraction of sp³-hybridized carbons (Fsp3) is 0.531. The molecule has 3 aromatic rings. The van der Waals surface area contributed by atoms with E-state index in [1.165, 1.54) is 27.1 Å².